The molecule has 1 aliphatic heterocycles. The molecule has 0 bridgehead atoms. The Morgan fingerprint density at radius 1 is 1.04 bits per heavy atom. The van der Waals surface area contributed by atoms with Gasteiger partial charge in [-0.05, 0) is 72.7 Å². The summed E-state index contributed by atoms with van der Waals surface area (Å²) in [6.07, 6.45) is -0.228. The van der Waals surface area contributed by atoms with Crippen LogP contribution in [0.2, 0.25) is 0 Å². The monoisotopic (exact) mass is 634 g/mol. The number of hydrogen-bond donors (Lipinski definition) is 7. The molecule has 0 aromatic heterocycles. The number of nitrogens with zero attached hydrogens (tertiary/aromatic N) is 1. The quantitative estimate of drug-likeness (QED) is 0.163. The molecule has 246 valence electrons. The van der Waals surface area contributed by atoms with Gasteiger partial charge < -0.3 is 41.7 Å². The van der Waals surface area contributed by atoms with Crippen LogP contribution in [0, 0.1) is 5.82 Å². The highest BCUT2D eigenvalue weighted by molar-refractivity contribution is 6.00. The van der Waals surface area contributed by atoms with Gasteiger partial charge in [0, 0.05) is 37.9 Å². The van der Waals surface area contributed by atoms with E-state index in [0.717, 1.165) is 22.3 Å². The first-order valence-corrected chi connectivity index (χ1v) is 15.3. The summed E-state index contributed by atoms with van der Waals surface area (Å²) in [6.45, 7) is 4.22. The minimum absolute atomic E-state index is 0.153. The summed E-state index contributed by atoms with van der Waals surface area (Å²) in [5, 5.41) is 32.7. The number of aliphatic hydroxyl groups is 2. The van der Waals surface area contributed by atoms with Gasteiger partial charge in [-0.3, -0.25) is 4.79 Å². The van der Waals surface area contributed by atoms with Crippen LogP contribution in [0.15, 0.2) is 66.7 Å². The molecule has 2 atom stereocenters. The third kappa shape index (κ3) is 9.25. The van der Waals surface area contributed by atoms with Crippen molar-refractivity contribution >= 4 is 23.7 Å². The van der Waals surface area contributed by atoms with E-state index >= 15 is 0 Å². The predicted molar refractivity (Wildman–Crippen MR) is 175 cm³/mol. The van der Waals surface area contributed by atoms with Crippen molar-refractivity contribution in [2.75, 3.05) is 31.6 Å². The number of β-amino-alcohol motifs (C(OH)–C–C–N with tert-alkyl or cyclic N) is 1. The molecular weight excluding hydrogens is 591 g/mol. The second-order valence-electron chi connectivity index (χ2n) is 12.0. The van der Waals surface area contributed by atoms with Gasteiger partial charge in [-0.2, -0.15) is 0 Å². The number of anilines is 1. The number of aliphatic hydroxyl groups excluding tert-OH is 2. The highest BCUT2D eigenvalue weighted by Gasteiger charge is 2.32. The smallest absolute Gasteiger partial charge is 0.315 e. The third-order valence-corrected chi connectivity index (χ3v) is 7.91. The minimum atomic E-state index is -0.918. The first kappa shape index (κ1) is 34.4. The van der Waals surface area contributed by atoms with Crippen molar-refractivity contribution in [3.05, 3.63) is 89.2 Å². The zero-order chi connectivity index (χ0) is 33.3. The van der Waals surface area contributed by atoms with Crippen molar-refractivity contribution in [3.63, 3.8) is 0 Å². The molecule has 0 spiro atoms. The summed E-state index contributed by atoms with van der Waals surface area (Å²) in [5.74, 6) is -0.705. The lowest BCUT2D eigenvalue weighted by atomic mass is 9.98. The number of amides is 5. The normalized spacial score (nSPS) is 15.4. The summed E-state index contributed by atoms with van der Waals surface area (Å²) in [6, 6.07) is 18.3. The van der Waals surface area contributed by atoms with Crippen molar-refractivity contribution in [2.45, 2.75) is 57.5 Å². The zero-order valence-electron chi connectivity index (χ0n) is 26.4. The van der Waals surface area contributed by atoms with Gasteiger partial charge in [0.25, 0.3) is 0 Å². The Balaban J connectivity index is 1.48. The van der Waals surface area contributed by atoms with Crippen LogP contribution in [0.5, 0.6) is 0 Å². The fraction of sp³-hybridized carbons (Fsp3) is 0.382. The number of halogens is 1. The lowest BCUT2D eigenvalue weighted by Crippen LogP contribution is -2.55. The number of carbonyl (C=O) groups excluding carboxylic acids is 3. The Morgan fingerprint density at radius 3 is 2.50 bits per heavy atom. The topological polar surface area (TPSA) is 155 Å². The van der Waals surface area contributed by atoms with E-state index in [0.29, 0.717) is 30.6 Å². The highest BCUT2D eigenvalue weighted by Crippen LogP contribution is 2.30. The summed E-state index contributed by atoms with van der Waals surface area (Å²) < 4.78 is 14.2. The van der Waals surface area contributed by atoms with Crippen LogP contribution in [0.3, 0.4) is 0 Å². The molecular formula is C34H43FN6O5. The number of fused-ring (bicyclic) bond motifs is 1. The number of aryl methyl sites for hydroxylation is 1. The van der Waals surface area contributed by atoms with Crippen LogP contribution in [0.1, 0.15) is 37.0 Å². The molecule has 0 saturated carbocycles. The molecule has 11 nitrogen and oxygen atoms in total. The predicted octanol–water partition coefficient (Wildman–Crippen LogP) is 2.79. The first-order chi connectivity index (χ1) is 22.0. The Morgan fingerprint density at radius 2 is 1.78 bits per heavy atom. The lowest BCUT2D eigenvalue weighted by molar-refractivity contribution is -0.120. The van der Waals surface area contributed by atoms with Gasteiger partial charge in [-0.15, -0.1) is 0 Å². The van der Waals surface area contributed by atoms with Gasteiger partial charge >= 0.3 is 12.1 Å². The number of benzene rings is 3. The molecule has 46 heavy (non-hydrogen) atoms. The van der Waals surface area contributed by atoms with Crippen molar-refractivity contribution < 1.29 is 29.0 Å². The van der Waals surface area contributed by atoms with Crippen molar-refractivity contribution in [3.8, 4) is 11.1 Å². The summed E-state index contributed by atoms with van der Waals surface area (Å²) >= 11 is 0. The lowest BCUT2D eigenvalue weighted by Gasteiger charge is -2.29. The molecule has 4 rings (SSSR count). The largest absolute Gasteiger partial charge is 0.394 e. The van der Waals surface area contributed by atoms with Gasteiger partial charge in [-0.1, -0.05) is 48.5 Å². The maximum absolute atomic E-state index is 14.2. The van der Waals surface area contributed by atoms with Gasteiger partial charge in [0.1, 0.15) is 11.9 Å². The zero-order valence-corrected chi connectivity index (χ0v) is 26.4. The second-order valence-corrected chi connectivity index (χ2v) is 12.0. The molecule has 1 aliphatic rings. The Hall–Kier alpha value is -4.52. The van der Waals surface area contributed by atoms with Crippen LogP contribution in [-0.2, 0) is 24.3 Å². The third-order valence-electron chi connectivity index (χ3n) is 7.91. The first-order valence-electron chi connectivity index (χ1n) is 15.3. The number of urea groups is 2. The Kier molecular flexibility index (Phi) is 11.7. The minimum Gasteiger partial charge on any atom is -0.394 e. The molecule has 5 amide bonds. The molecule has 0 unspecified atom stereocenters. The van der Waals surface area contributed by atoms with E-state index < -0.39 is 29.5 Å². The van der Waals surface area contributed by atoms with E-state index in [1.807, 2.05) is 62.4 Å². The molecule has 3 aromatic rings. The van der Waals surface area contributed by atoms with Crippen LogP contribution in [-0.4, -0.2) is 72.6 Å². The molecule has 0 radical (unpaired) electrons. The molecule has 0 aliphatic carbocycles. The van der Waals surface area contributed by atoms with Crippen LogP contribution < -0.4 is 31.5 Å². The Bertz CT molecular complexity index is 1520. The van der Waals surface area contributed by atoms with Crippen LogP contribution in [0.4, 0.5) is 19.7 Å². The van der Waals surface area contributed by atoms with Crippen molar-refractivity contribution in [1.29, 1.82) is 0 Å². The van der Waals surface area contributed by atoms with Gasteiger partial charge in [0.05, 0.1) is 19.3 Å². The SMILES string of the molecule is CNC(=O)NCc1ccccc1-c1ccc(CN2C(=O)[C@H](NC(=O)NCC(C)(C)NC[C@H](O)CO)CCc3cc(F)ccc32)cc1. The standard InChI is InChI=1S/C34H43FN6O5/c1-34(2,39-18-27(43)20-42)21-38-33(46)40-29-14-12-24-16-26(35)13-15-30(24)41(31(29)44)19-22-8-10-23(11-9-22)28-7-5-4-6-25(28)17-37-32(45)36-3/h4-11,13,15-16,27,29,39,42-43H,12,14,17-21H2,1-3H3,(H2,36,37,45)(H2,38,40,46)/t27-,29+/m0/s1. The van der Waals surface area contributed by atoms with Gasteiger partial charge in [-0.25, -0.2) is 14.0 Å². The molecule has 1 heterocycles. The fourth-order valence-corrected chi connectivity index (χ4v) is 5.27. The molecule has 0 saturated heterocycles. The number of hydrogen-bond acceptors (Lipinski definition) is 6. The maximum atomic E-state index is 14.2. The summed E-state index contributed by atoms with van der Waals surface area (Å²) in [7, 11) is 1.56. The molecule has 7 N–H and O–H groups in total. The number of nitrogens with one attached hydrogen (secondary N) is 5. The average Bonchev–Trinajstić information content (AvgIpc) is 3.17. The number of carbonyl (C=O) groups is 3. The van der Waals surface area contributed by atoms with Crippen LogP contribution >= 0.6 is 0 Å². The molecule has 12 heteroatoms. The highest BCUT2D eigenvalue weighted by atomic mass is 19.1. The second kappa shape index (κ2) is 15.7. The van der Waals surface area contributed by atoms with Gasteiger partial charge in [0.2, 0.25) is 5.91 Å². The molecule has 3 aromatic carbocycles. The molecule has 0 fully saturated rings. The number of rotatable bonds is 12. The van der Waals surface area contributed by atoms with E-state index in [9.17, 15) is 23.9 Å². The van der Waals surface area contributed by atoms with E-state index in [2.05, 4.69) is 26.6 Å². The van der Waals surface area contributed by atoms with Crippen molar-refractivity contribution in [2.24, 2.45) is 0 Å². The van der Waals surface area contributed by atoms with E-state index in [1.165, 1.54) is 12.1 Å². The average molecular weight is 635 g/mol. The van der Waals surface area contributed by atoms with E-state index in [1.54, 1.807) is 18.0 Å². The Labute approximate surface area is 268 Å². The van der Waals surface area contributed by atoms with Crippen molar-refractivity contribution in [1.82, 2.24) is 26.6 Å². The van der Waals surface area contributed by atoms with Gasteiger partial charge in [0.15, 0.2) is 0 Å². The van der Waals surface area contributed by atoms with Crippen LogP contribution in [0.25, 0.3) is 11.1 Å². The summed E-state index contributed by atoms with van der Waals surface area (Å²) in [5.41, 5.74) is 4.40. The van der Waals surface area contributed by atoms with E-state index in [-0.39, 0.29) is 38.2 Å². The fourth-order valence-electron chi connectivity index (χ4n) is 5.27. The summed E-state index contributed by atoms with van der Waals surface area (Å²) in [4.78, 5) is 40.1. The maximum Gasteiger partial charge on any atom is 0.315 e. The van der Waals surface area contributed by atoms with E-state index in [4.69, 9.17) is 5.11 Å².